The summed E-state index contributed by atoms with van der Waals surface area (Å²) in [5.41, 5.74) is 3.20. The standard InChI is InChI=1S/C20H23N3O4S/c1-12-6-7-13(2)16(9-12)22-19(26)14(3)27-18(25)10-15-11-28-20(21-15)23-8-4-5-17(23)24/h6-7,9,11,14H,4-5,8,10H2,1-3H3,(H,22,26)/t14-/m1/s1. The van der Waals surface area contributed by atoms with Crippen LogP contribution in [-0.4, -0.2) is 35.4 Å². The number of aromatic nitrogens is 1. The average molecular weight is 401 g/mol. The summed E-state index contributed by atoms with van der Waals surface area (Å²) in [5.74, 6) is -0.864. The predicted octanol–water partition coefficient (Wildman–Crippen LogP) is 3.00. The van der Waals surface area contributed by atoms with Crippen LogP contribution in [0.5, 0.6) is 0 Å². The third-order valence-corrected chi connectivity index (χ3v) is 5.41. The molecule has 3 rings (SSSR count). The molecule has 1 saturated heterocycles. The first kappa shape index (κ1) is 20.0. The highest BCUT2D eigenvalue weighted by molar-refractivity contribution is 7.14. The van der Waals surface area contributed by atoms with Gasteiger partial charge < -0.3 is 10.1 Å². The van der Waals surface area contributed by atoms with Crippen molar-refractivity contribution in [2.45, 2.75) is 46.1 Å². The zero-order valence-electron chi connectivity index (χ0n) is 16.2. The predicted molar refractivity (Wildman–Crippen MR) is 108 cm³/mol. The summed E-state index contributed by atoms with van der Waals surface area (Å²) >= 11 is 1.33. The summed E-state index contributed by atoms with van der Waals surface area (Å²) in [7, 11) is 0. The molecule has 1 aliphatic rings. The quantitative estimate of drug-likeness (QED) is 0.752. The number of benzene rings is 1. The molecule has 0 aliphatic carbocycles. The van der Waals surface area contributed by atoms with Gasteiger partial charge in [0.25, 0.3) is 5.91 Å². The summed E-state index contributed by atoms with van der Waals surface area (Å²) in [6.07, 6.45) is 0.387. The maximum Gasteiger partial charge on any atom is 0.312 e. The van der Waals surface area contributed by atoms with Crippen molar-refractivity contribution in [3.05, 3.63) is 40.4 Å². The van der Waals surface area contributed by atoms with Crippen molar-refractivity contribution in [3.8, 4) is 0 Å². The number of thiazole rings is 1. The number of ether oxygens (including phenoxy) is 1. The highest BCUT2D eigenvalue weighted by Crippen LogP contribution is 2.25. The Hall–Kier alpha value is -2.74. The third kappa shape index (κ3) is 4.75. The van der Waals surface area contributed by atoms with E-state index in [4.69, 9.17) is 4.74 Å². The smallest absolute Gasteiger partial charge is 0.312 e. The van der Waals surface area contributed by atoms with E-state index in [9.17, 15) is 14.4 Å². The van der Waals surface area contributed by atoms with Crippen molar-refractivity contribution in [2.75, 3.05) is 16.8 Å². The first-order valence-corrected chi connectivity index (χ1v) is 10.0. The summed E-state index contributed by atoms with van der Waals surface area (Å²) in [5, 5.41) is 5.13. The van der Waals surface area contributed by atoms with Gasteiger partial charge in [-0.05, 0) is 44.4 Å². The van der Waals surface area contributed by atoms with E-state index in [1.54, 1.807) is 10.3 Å². The fourth-order valence-electron chi connectivity index (χ4n) is 2.90. The summed E-state index contributed by atoms with van der Waals surface area (Å²) in [6, 6.07) is 5.76. The molecule has 2 aromatic rings. The average Bonchev–Trinajstić information content (AvgIpc) is 3.26. The molecule has 1 aromatic heterocycles. The van der Waals surface area contributed by atoms with Gasteiger partial charge in [-0.1, -0.05) is 12.1 Å². The lowest BCUT2D eigenvalue weighted by Gasteiger charge is -2.15. The van der Waals surface area contributed by atoms with Gasteiger partial charge in [-0.25, -0.2) is 4.98 Å². The molecule has 2 amide bonds. The fourth-order valence-corrected chi connectivity index (χ4v) is 3.76. The number of rotatable bonds is 6. The van der Waals surface area contributed by atoms with E-state index in [1.165, 1.54) is 18.3 Å². The number of aryl methyl sites for hydroxylation is 2. The molecule has 148 valence electrons. The van der Waals surface area contributed by atoms with Crippen LogP contribution in [0.4, 0.5) is 10.8 Å². The largest absolute Gasteiger partial charge is 0.452 e. The van der Waals surface area contributed by atoms with E-state index in [-0.39, 0.29) is 18.2 Å². The number of nitrogens with one attached hydrogen (secondary N) is 1. The third-order valence-electron chi connectivity index (χ3n) is 4.50. The second-order valence-corrected chi connectivity index (χ2v) is 7.72. The van der Waals surface area contributed by atoms with Gasteiger partial charge in [0, 0.05) is 24.0 Å². The van der Waals surface area contributed by atoms with Crippen LogP contribution in [0.2, 0.25) is 0 Å². The minimum atomic E-state index is -0.925. The molecule has 1 aliphatic heterocycles. The molecule has 1 fully saturated rings. The molecule has 1 aromatic carbocycles. The van der Waals surface area contributed by atoms with Crippen LogP contribution in [0.15, 0.2) is 23.6 Å². The Bertz CT molecular complexity index is 909. The van der Waals surface area contributed by atoms with Gasteiger partial charge in [-0.3, -0.25) is 19.3 Å². The van der Waals surface area contributed by atoms with Gasteiger partial charge >= 0.3 is 5.97 Å². The first-order valence-electron chi connectivity index (χ1n) is 9.16. The molecular weight excluding hydrogens is 378 g/mol. The lowest BCUT2D eigenvalue weighted by Crippen LogP contribution is -2.30. The zero-order chi connectivity index (χ0) is 20.3. The number of carbonyl (C=O) groups excluding carboxylic acids is 3. The Morgan fingerprint density at radius 2 is 2.14 bits per heavy atom. The summed E-state index contributed by atoms with van der Waals surface area (Å²) < 4.78 is 5.25. The Morgan fingerprint density at radius 1 is 1.36 bits per heavy atom. The number of hydrogen-bond donors (Lipinski definition) is 1. The minimum Gasteiger partial charge on any atom is -0.452 e. The first-order chi connectivity index (χ1) is 13.3. The highest BCUT2D eigenvalue weighted by atomic mass is 32.1. The Morgan fingerprint density at radius 3 is 2.86 bits per heavy atom. The second-order valence-electron chi connectivity index (χ2n) is 6.89. The van der Waals surface area contributed by atoms with Crippen molar-refractivity contribution < 1.29 is 19.1 Å². The van der Waals surface area contributed by atoms with Crippen molar-refractivity contribution in [1.82, 2.24) is 4.98 Å². The van der Waals surface area contributed by atoms with Crippen molar-refractivity contribution in [2.24, 2.45) is 0 Å². The Balaban J connectivity index is 1.54. The molecule has 0 spiro atoms. The number of carbonyl (C=O) groups is 3. The number of nitrogens with zero attached hydrogens (tertiary/aromatic N) is 2. The van der Waals surface area contributed by atoms with Gasteiger partial charge in [0.05, 0.1) is 12.1 Å². The van der Waals surface area contributed by atoms with E-state index < -0.39 is 12.1 Å². The van der Waals surface area contributed by atoms with E-state index in [0.29, 0.717) is 29.5 Å². The molecule has 28 heavy (non-hydrogen) atoms. The van der Waals surface area contributed by atoms with Gasteiger partial charge in [-0.15, -0.1) is 11.3 Å². The van der Waals surface area contributed by atoms with Crippen LogP contribution in [0.3, 0.4) is 0 Å². The lowest BCUT2D eigenvalue weighted by atomic mass is 10.1. The Kier molecular flexibility index (Phi) is 6.08. The Labute approximate surface area is 167 Å². The topological polar surface area (TPSA) is 88.6 Å². The SMILES string of the molecule is Cc1ccc(C)c(NC(=O)[C@@H](C)OC(=O)Cc2csc(N3CCCC3=O)n2)c1. The van der Waals surface area contributed by atoms with Crippen LogP contribution in [0, 0.1) is 13.8 Å². The zero-order valence-corrected chi connectivity index (χ0v) is 17.0. The van der Waals surface area contributed by atoms with Gasteiger partial charge in [0.1, 0.15) is 0 Å². The maximum atomic E-state index is 12.3. The lowest BCUT2D eigenvalue weighted by molar-refractivity contribution is -0.152. The summed E-state index contributed by atoms with van der Waals surface area (Å²) in [4.78, 5) is 42.3. The number of hydrogen-bond acceptors (Lipinski definition) is 6. The number of amides is 2. The molecule has 0 saturated carbocycles. The van der Waals surface area contributed by atoms with Gasteiger partial charge in [0.15, 0.2) is 11.2 Å². The van der Waals surface area contributed by atoms with Crippen LogP contribution >= 0.6 is 11.3 Å². The number of esters is 1. The van der Waals surface area contributed by atoms with Gasteiger partial charge in [0.2, 0.25) is 5.91 Å². The van der Waals surface area contributed by atoms with E-state index in [1.807, 2.05) is 32.0 Å². The normalized spacial score (nSPS) is 14.8. The molecular formula is C20H23N3O4S. The monoisotopic (exact) mass is 401 g/mol. The number of anilines is 2. The van der Waals surface area contributed by atoms with E-state index >= 15 is 0 Å². The van der Waals surface area contributed by atoms with E-state index in [0.717, 1.165) is 17.5 Å². The molecule has 0 bridgehead atoms. The molecule has 7 nitrogen and oxygen atoms in total. The summed E-state index contributed by atoms with van der Waals surface area (Å²) in [6.45, 7) is 6.03. The van der Waals surface area contributed by atoms with Gasteiger partial charge in [-0.2, -0.15) is 0 Å². The van der Waals surface area contributed by atoms with Crippen LogP contribution in [0.1, 0.15) is 36.6 Å². The fraction of sp³-hybridized carbons (Fsp3) is 0.400. The van der Waals surface area contributed by atoms with Crippen molar-refractivity contribution in [1.29, 1.82) is 0 Å². The molecule has 8 heteroatoms. The van der Waals surface area contributed by atoms with Crippen molar-refractivity contribution in [3.63, 3.8) is 0 Å². The molecule has 1 N–H and O–H groups in total. The van der Waals surface area contributed by atoms with E-state index in [2.05, 4.69) is 10.3 Å². The maximum absolute atomic E-state index is 12.3. The molecule has 2 heterocycles. The minimum absolute atomic E-state index is 0.0420. The molecule has 0 radical (unpaired) electrons. The second kappa shape index (κ2) is 8.52. The van der Waals surface area contributed by atoms with Crippen LogP contribution in [0.25, 0.3) is 0 Å². The molecule has 0 unspecified atom stereocenters. The molecule has 1 atom stereocenters. The van der Waals surface area contributed by atoms with Crippen LogP contribution in [-0.2, 0) is 25.5 Å². The van der Waals surface area contributed by atoms with Crippen LogP contribution < -0.4 is 10.2 Å². The van der Waals surface area contributed by atoms with Crippen molar-refractivity contribution >= 4 is 39.9 Å². The highest BCUT2D eigenvalue weighted by Gasteiger charge is 2.25.